The van der Waals surface area contributed by atoms with Crippen LogP contribution in [0.2, 0.25) is 0 Å². The summed E-state index contributed by atoms with van der Waals surface area (Å²) in [5.74, 6) is -0.201. The van der Waals surface area contributed by atoms with Gasteiger partial charge in [0.25, 0.3) is 0 Å². The average Bonchev–Trinajstić information content (AvgIpc) is 2.65. The molecular weight excluding hydrogens is 216 g/mol. The minimum absolute atomic E-state index is 0.201. The number of carbonyl (C=O) groups is 1. The van der Waals surface area contributed by atoms with Crippen molar-refractivity contribution in [2.75, 3.05) is 0 Å². The van der Waals surface area contributed by atoms with Crippen LogP contribution in [0, 0.1) is 0 Å². The van der Waals surface area contributed by atoms with E-state index in [0.717, 1.165) is 11.1 Å². The molecule has 1 aliphatic carbocycles. The molecule has 1 aliphatic rings. The maximum absolute atomic E-state index is 11.7. The molecular formula is C13H18N2O2. The third-order valence-electron chi connectivity index (χ3n) is 3.28. The van der Waals surface area contributed by atoms with E-state index in [-0.39, 0.29) is 11.9 Å². The Labute approximate surface area is 101 Å². The Balaban J connectivity index is 2.14. The van der Waals surface area contributed by atoms with Crippen molar-refractivity contribution >= 4 is 5.91 Å². The number of fused-ring (bicyclic) bond motifs is 1. The summed E-state index contributed by atoms with van der Waals surface area (Å²) in [6.07, 6.45) is 0.624. The van der Waals surface area contributed by atoms with E-state index in [2.05, 4.69) is 5.32 Å². The Morgan fingerprint density at radius 1 is 1.59 bits per heavy atom. The second-order valence-corrected chi connectivity index (χ2v) is 4.47. The molecule has 4 heteroatoms. The smallest absolute Gasteiger partial charge is 0.237 e. The molecule has 2 rings (SSSR count). The predicted octanol–water partition coefficient (Wildman–Crippen LogP) is 0.498. The van der Waals surface area contributed by atoms with Crippen LogP contribution in [-0.2, 0) is 11.2 Å². The van der Waals surface area contributed by atoms with Crippen LogP contribution in [0.3, 0.4) is 0 Å². The minimum atomic E-state index is -0.555. The van der Waals surface area contributed by atoms with Gasteiger partial charge in [-0.3, -0.25) is 4.79 Å². The number of aliphatic hydroxyl groups excluding tert-OH is 1. The van der Waals surface area contributed by atoms with Gasteiger partial charge in [-0.25, -0.2) is 0 Å². The highest BCUT2D eigenvalue weighted by Gasteiger charge is 2.32. The normalized spacial score (nSPS) is 24.2. The number of hydrogen-bond acceptors (Lipinski definition) is 3. The first kappa shape index (κ1) is 12.1. The molecule has 0 fully saturated rings. The zero-order valence-electron chi connectivity index (χ0n) is 9.89. The number of benzene rings is 1. The Morgan fingerprint density at radius 2 is 2.29 bits per heavy atom. The van der Waals surface area contributed by atoms with Gasteiger partial charge in [-0.05, 0) is 17.5 Å². The van der Waals surface area contributed by atoms with Crippen LogP contribution in [0.1, 0.15) is 30.5 Å². The standard InChI is InChI=1S/C13H18N2O2/c1-2-10(14)13(17)15-12-9-6-4-3-5-8(9)7-11(12)16/h3-6,10-12,16H,2,7,14H2,1H3,(H,15,17)/t10?,11-,12+/m0/s1. The van der Waals surface area contributed by atoms with Gasteiger partial charge >= 0.3 is 0 Å². The van der Waals surface area contributed by atoms with E-state index < -0.39 is 12.1 Å². The summed E-state index contributed by atoms with van der Waals surface area (Å²) >= 11 is 0. The number of hydrogen-bond donors (Lipinski definition) is 3. The highest BCUT2D eigenvalue weighted by Crippen LogP contribution is 2.31. The van der Waals surface area contributed by atoms with E-state index in [9.17, 15) is 9.90 Å². The van der Waals surface area contributed by atoms with Crippen molar-refractivity contribution in [2.45, 2.75) is 38.0 Å². The summed E-state index contributed by atoms with van der Waals surface area (Å²) in [6, 6.07) is 6.94. The highest BCUT2D eigenvalue weighted by atomic mass is 16.3. The number of amides is 1. The molecule has 17 heavy (non-hydrogen) atoms. The fourth-order valence-corrected chi connectivity index (χ4v) is 2.19. The molecule has 0 saturated carbocycles. The topological polar surface area (TPSA) is 75.4 Å². The highest BCUT2D eigenvalue weighted by molar-refractivity contribution is 5.82. The van der Waals surface area contributed by atoms with Gasteiger partial charge in [0, 0.05) is 6.42 Å². The molecule has 1 unspecified atom stereocenters. The van der Waals surface area contributed by atoms with Crippen LogP contribution in [0.25, 0.3) is 0 Å². The SMILES string of the molecule is CCC(N)C(=O)N[C@@H]1c2ccccc2C[C@@H]1O. The molecule has 0 saturated heterocycles. The van der Waals surface area contributed by atoms with Crippen molar-refractivity contribution in [1.82, 2.24) is 5.32 Å². The van der Waals surface area contributed by atoms with Crippen molar-refractivity contribution in [1.29, 1.82) is 0 Å². The van der Waals surface area contributed by atoms with Gasteiger partial charge in [-0.15, -0.1) is 0 Å². The van der Waals surface area contributed by atoms with Gasteiger partial charge in [0.05, 0.1) is 18.2 Å². The Hall–Kier alpha value is -1.39. The first-order valence-electron chi connectivity index (χ1n) is 5.95. The summed E-state index contributed by atoms with van der Waals surface area (Å²) in [4.78, 5) is 11.7. The quantitative estimate of drug-likeness (QED) is 0.713. The lowest BCUT2D eigenvalue weighted by atomic mass is 10.1. The minimum Gasteiger partial charge on any atom is -0.390 e. The van der Waals surface area contributed by atoms with Crippen molar-refractivity contribution in [3.05, 3.63) is 35.4 Å². The fraction of sp³-hybridized carbons (Fsp3) is 0.462. The monoisotopic (exact) mass is 234 g/mol. The zero-order chi connectivity index (χ0) is 12.4. The van der Waals surface area contributed by atoms with Crippen LogP contribution in [0.15, 0.2) is 24.3 Å². The molecule has 0 aromatic heterocycles. The lowest BCUT2D eigenvalue weighted by Crippen LogP contribution is -2.43. The van der Waals surface area contributed by atoms with Gasteiger partial charge in [0.1, 0.15) is 0 Å². The average molecular weight is 234 g/mol. The molecule has 0 aliphatic heterocycles. The number of nitrogens with one attached hydrogen (secondary N) is 1. The van der Waals surface area contributed by atoms with Crippen molar-refractivity contribution in [2.24, 2.45) is 5.73 Å². The second-order valence-electron chi connectivity index (χ2n) is 4.47. The predicted molar refractivity (Wildman–Crippen MR) is 65.3 cm³/mol. The van der Waals surface area contributed by atoms with Gasteiger partial charge in [-0.2, -0.15) is 0 Å². The van der Waals surface area contributed by atoms with E-state index in [1.54, 1.807) is 0 Å². The summed E-state index contributed by atoms with van der Waals surface area (Å²) < 4.78 is 0. The Bertz CT molecular complexity index is 420. The number of rotatable bonds is 3. The van der Waals surface area contributed by atoms with Crippen LogP contribution in [0.5, 0.6) is 0 Å². The van der Waals surface area contributed by atoms with Gasteiger partial charge in [0.2, 0.25) is 5.91 Å². The maximum Gasteiger partial charge on any atom is 0.237 e. The molecule has 0 bridgehead atoms. The number of nitrogens with two attached hydrogens (primary N) is 1. The molecule has 3 atom stereocenters. The molecule has 92 valence electrons. The van der Waals surface area contributed by atoms with Crippen LogP contribution < -0.4 is 11.1 Å². The number of aliphatic hydroxyl groups is 1. The first-order chi connectivity index (χ1) is 8.13. The summed E-state index contributed by atoms with van der Waals surface area (Å²) in [7, 11) is 0. The fourth-order valence-electron chi connectivity index (χ4n) is 2.19. The first-order valence-corrected chi connectivity index (χ1v) is 5.95. The van der Waals surface area contributed by atoms with Gasteiger partial charge in [0.15, 0.2) is 0 Å². The molecule has 1 aromatic rings. The molecule has 4 N–H and O–H groups in total. The lowest BCUT2D eigenvalue weighted by Gasteiger charge is -2.20. The molecule has 0 radical (unpaired) electrons. The molecule has 0 spiro atoms. The van der Waals surface area contributed by atoms with Crippen molar-refractivity contribution < 1.29 is 9.90 Å². The van der Waals surface area contributed by atoms with Gasteiger partial charge in [-0.1, -0.05) is 31.2 Å². The molecule has 0 heterocycles. The Morgan fingerprint density at radius 3 is 3.00 bits per heavy atom. The second kappa shape index (κ2) is 4.85. The molecule has 1 aromatic carbocycles. The summed E-state index contributed by atoms with van der Waals surface area (Å²) in [6.45, 7) is 1.86. The van der Waals surface area contributed by atoms with Crippen molar-refractivity contribution in [3.63, 3.8) is 0 Å². The Kier molecular flexibility index (Phi) is 3.45. The largest absolute Gasteiger partial charge is 0.390 e. The lowest BCUT2D eigenvalue weighted by molar-refractivity contribution is -0.123. The van der Waals surface area contributed by atoms with Gasteiger partial charge < -0.3 is 16.2 Å². The summed E-state index contributed by atoms with van der Waals surface area (Å²) in [5.41, 5.74) is 7.76. The van der Waals surface area contributed by atoms with E-state index >= 15 is 0 Å². The molecule has 1 amide bonds. The summed E-state index contributed by atoms with van der Waals surface area (Å²) in [5, 5.41) is 12.8. The molecule has 4 nitrogen and oxygen atoms in total. The van der Waals surface area contributed by atoms with Crippen LogP contribution in [0.4, 0.5) is 0 Å². The van der Waals surface area contributed by atoms with Crippen molar-refractivity contribution in [3.8, 4) is 0 Å². The zero-order valence-corrected chi connectivity index (χ0v) is 9.89. The van der Waals surface area contributed by atoms with Crippen LogP contribution >= 0.6 is 0 Å². The maximum atomic E-state index is 11.7. The third-order valence-corrected chi connectivity index (χ3v) is 3.28. The van der Waals surface area contributed by atoms with Crippen LogP contribution in [-0.4, -0.2) is 23.2 Å². The van der Waals surface area contributed by atoms with E-state index in [1.807, 2.05) is 31.2 Å². The van der Waals surface area contributed by atoms with E-state index in [4.69, 9.17) is 5.73 Å². The van der Waals surface area contributed by atoms with E-state index in [0.29, 0.717) is 12.8 Å². The third kappa shape index (κ3) is 2.33. The van der Waals surface area contributed by atoms with E-state index in [1.165, 1.54) is 0 Å². The number of carbonyl (C=O) groups excluding carboxylic acids is 1.